The van der Waals surface area contributed by atoms with Crippen LogP contribution in [-0.2, 0) is 19.0 Å². The second-order valence-corrected chi connectivity index (χ2v) is 2.76. The molecule has 0 saturated heterocycles. The number of aliphatic hydroxyl groups is 2. The minimum Gasteiger partial charge on any atom is -0.466 e. The van der Waals surface area contributed by atoms with Gasteiger partial charge in [-0.15, -0.1) is 0 Å². The van der Waals surface area contributed by atoms with Crippen molar-refractivity contribution >= 4 is 5.97 Å². The number of methoxy groups -OCH3 is 2. The van der Waals surface area contributed by atoms with Gasteiger partial charge in [-0.3, -0.25) is 0 Å². The first kappa shape index (κ1) is 17.4. The first-order chi connectivity index (χ1) is 7.49. The SMILES string of the molecule is C=C(C)C(=O)OC.COC(O)COCCO. The molecule has 0 amide bonds. The zero-order valence-electron chi connectivity index (χ0n) is 9.93. The quantitative estimate of drug-likeness (QED) is 0.285. The Morgan fingerprint density at radius 1 is 1.44 bits per heavy atom. The molecular weight excluding hydrogens is 216 g/mol. The van der Waals surface area contributed by atoms with Gasteiger partial charge in [0.2, 0.25) is 0 Å². The molecule has 0 aliphatic heterocycles. The zero-order chi connectivity index (χ0) is 13.0. The van der Waals surface area contributed by atoms with Crippen LogP contribution >= 0.6 is 0 Å². The van der Waals surface area contributed by atoms with Crippen LogP contribution in [0.1, 0.15) is 6.92 Å². The molecule has 1 atom stereocenters. The number of ether oxygens (including phenoxy) is 3. The van der Waals surface area contributed by atoms with E-state index in [0.717, 1.165) is 0 Å². The molecule has 1 unspecified atom stereocenters. The number of aliphatic hydroxyl groups excluding tert-OH is 2. The Labute approximate surface area is 95.4 Å². The lowest BCUT2D eigenvalue weighted by atomic mass is 10.4. The monoisotopic (exact) mass is 236 g/mol. The van der Waals surface area contributed by atoms with E-state index < -0.39 is 6.29 Å². The summed E-state index contributed by atoms with van der Waals surface area (Å²) in [5.41, 5.74) is 0.433. The van der Waals surface area contributed by atoms with Crippen molar-refractivity contribution in [1.29, 1.82) is 0 Å². The summed E-state index contributed by atoms with van der Waals surface area (Å²) in [4.78, 5) is 10.2. The van der Waals surface area contributed by atoms with E-state index in [1.54, 1.807) is 6.92 Å². The molecular formula is C10H20O6. The molecule has 0 radical (unpaired) electrons. The topological polar surface area (TPSA) is 85.2 Å². The van der Waals surface area contributed by atoms with Gasteiger partial charge in [-0.2, -0.15) is 0 Å². The van der Waals surface area contributed by atoms with Gasteiger partial charge in [-0.05, 0) is 6.92 Å². The highest BCUT2D eigenvalue weighted by Gasteiger charge is 1.98. The van der Waals surface area contributed by atoms with Crippen molar-refractivity contribution in [2.75, 3.05) is 34.0 Å². The Kier molecular flexibility index (Phi) is 13.2. The van der Waals surface area contributed by atoms with E-state index in [9.17, 15) is 4.79 Å². The lowest BCUT2D eigenvalue weighted by Gasteiger charge is -2.06. The average Bonchev–Trinajstić information content (AvgIpc) is 2.28. The number of esters is 1. The third-order valence-corrected chi connectivity index (χ3v) is 1.30. The summed E-state index contributed by atoms with van der Waals surface area (Å²) in [5.74, 6) is -0.347. The maximum absolute atomic E-state index is 10.2. The van der Waals surface area contributed by atoms with Gasteiger partial charge in [0.1, 0.15) is 0 Å². The van der Waals surface area contributed by atoms with Crippen molar-refractivity contribution in [2.24, 2.45) is 0 Å². The number of hydrogen-bond donors (Lipinski definition) is 2. The maximum atomic E-state index is 10.2. The van der Waals surface area contributed by atoms with Crippen molar-refractivity contribution in [1.82, 2.24) is 0 Å². The van der Waals surface area contributed by atoms with Crippen molar-refractivity contribution in [2.45, 2.75) is 13.2 Å². The molecule has 0 aliphatic rings. The molecule has 0 aromatic rings. The van der Waals surface area contributed by atoms with Crippen LogP contribution in [0.3, 0.4) is 0 Å². The standard InChI is InChI=1S/C5H12O4.C5H8O2/c1-8-5(7)4-9-3-2-6;1-4(2)5(6)7-3/h5-7H,2-4H2,1H3;1H2,2-3H3. The highest BCUT2D eigenvalue weighted by Crippen LogP contribution is 1.87. The van der Waals surface area contributed by atoms with Crippen LogP contribution in [-0.4, -0.2) is 56.5 Å². The minimum atomic E-state index is -0.878. The van der Waals surface area contributed by atoms with Crippen LogP contribution < -0.4 is 0 Å². The maximum Gasteiger partial charge on any atom is 0.332 e. The van der Waals surface area contributed by atoms with Crippen LogP contribution in [0.4, 0.5) is 0 Å². The number of carbonyl (C=O) groups excluding carboxylic acids is 1. The van der Waals surface area contributed by atoms with E-state index >= 15 is 0 Å². The predicted octanol–water partition coefficient (Wildman–Crippen LogP) is -0.304. The Morgan fingerprint density at radius 3 is 2.25 bits per heavy atom. The number of rotatable bonds is 6. The fourth-order valence-electron chi connectivity index (χ4n) is 0.491. The second-order valence-electron chi connectivity index (χ2n) is 2.76. The van der Waals surface area contributed by atoms with Gasteiger partial charge in [-0.1, -0.05) is 6.58 Å². The van der Waals surface area contributed by atoms with Crippen molar-refractivity contribution in [3.05, 3.63) is 12.2 Å². The largest absolute Gasteiger partial charge is 0.466 e. The Morgan fingerprint density at radius 2 is 2.00 bits per heavy atom. The first-order valence-corrected chi connectivity index (χ1v) is 4.62. The smallest absolute Gasteiger partial charge is 0.332 e. The number of carbonyl (C=O) groups is 1. The van der Waals surface area contributed by atoms with Crippen molar-refractivity contribution in [3.8, 4) is 0 Å². The molecule has 2 N–H and O–H groups in total. The molecule has 0 aromatic carbocycles. The molecule has 0 fully saturated rings. The Bertz CT molecular complexity index is 192. The van der Waals surface area contributed by atoms with E-state index in [0.29, 0.717) is 5.57 Å². The highest BCUT2D eigenvalue weighted by molar-refractivity contribution is 5.86. The number of hydrogen-bond acceptors (Lipinski definition) is 6. The third-order valence-electron chi connectivity index (χ3n) is 1.30. The molecule has 0 saturated carbocycles. The van der Waals surface area contributed by atoms with Crippen molar-refractivity contribution in [3.63, 3.8) is 0 Å². The second kappa shape index (κ2) is 12.1. The van der Waals surface area contributed by atoms with Crippen LogP contribution in [0, 0.1) is 0 Å². The minimum absolute atomic E-state index is 0.0313. The fraction of sp³-hybridized carbons (Fsp3) is 0.700. The lowest BCUT2D eigenvalue weighted by Crippen LogP contribution is -2.18. The lowest BCUT2D eigenvalue weighted by molar-refractivity contribution is -0.136. The molecule has 0 rings (SSSR count). The highest BCUT2D eigenvalue weighted by atomic mass is 16.6. The molecule has 0 heterocycles. The molecule has 0 aromatic heterocycles. The summed E-state index contributed by atoms with van der Waals surface area (Å²) >= 11 is 0. The summed E-state index contributed by atoms with van der Waals surface area (Å²) in [5, 5.41) is 16.9. The zero-order valence-corrected chi connectivity index (χ0v) is 9.93. The van der Waals surface area contributed by atoms with Crippen molar-refractivity contribution < 1.29 is 29.2 Å². The van der Waals surface area contributed by atoms with E-state index in [1.807, 2.05) is 0 Å². The van der Waals surface area contributed by atoms with E-state index in [-0.39, 0.29) is 25.8 Å². The first-order valence-electron chi connectivity index (χ1n) is 4.62. The van der Waals surface area contributed by atoms with E-state index in [2.05, 4.69) is 16.1 Å². The average molecular weight is 236 g/mol. The normalized spacial score (nSPS) is 11.1. The fourth-order valence-corrected chi connectivity index (χ4v) is 0.491. The van der Waals surface area contributed by atoms with Gasteiger partial charge in [-0.25, -0.2) is 4.79 Å². The molecule has 16 heavy (non-hydrogen) atoms. The predicted molar refractivity (Wildman–Crippen MR) is 57.8 cm³/mol. The van der Waals surface area contributed by atoms with Gasteiger partial charge in [0.25, 0.3) is 0 Å². The summed E-state index contributed by atoms with van der Waals surface area (Å²) < 4.78 is 13.4. The Hall–Kier alpha value is -0.950. The summed E-state index contributed by atoms with van der Waals surface area (Å²) in [6.07, 6.45) is -0.878. The van der Waals surface area contributed by atoms with E-state index in [1.165, 1.54) is 14.2 Å². The third kappa shape index (κ3) is 13.1. The molecule has 6 heteroatoms. The molecule has 0 aliphatic carbocycles. The van der Waals surface area contributed by atoms with Gasteiger partial charge < -0.3 is 24.4 Å². The van der Waals surface area contributed by atoms with Gasteiger partial charge in [0, 0.05) is 12.7 Å². The molecule has 0 bridgehead atoms. The molecule has 6 nitrogen and oxygen atoms in total. The van der Waals surface area contributed by atoms with Gasteiger partial charge in [0.15, 0.2) is 6.29 Å². The summed E-state index contributed by atoms with van der Waals surface area (Å²) in [7, 11) is 2.71. The van der Waals surface area contributed by atoms with Crippen LogP contribution in [0.2, 0.25) is 0 Å². The van der Waals surface area contributed by atoms with Crippen LogP contribution in [0.15, 0.2) is 12.2 Å². The summed E-state index contributed by atoms with van der Waals surface area (Å²) in [6, 6.07) is 0. The van der Waals surface area contributed by atoms with Crippen LogP contribution in [0.25, 0.3) is 0 Å². The molecule has 0 spiro atoms. The van der Waals surface area contributed by atoms with Crippen LogP contribution in [0.5, 0.6) is 0 Å². The molecule has 96 valence electrons. The Balaban J connectivity index is 0. The summed E-state index contributed by atoms with van der Waals surface area (Å²) in [6.45, 7) is 5.27. The van der Waals surface area contributed by atoms with Gasteiger partial charge >= 0.3 is 5.97 Å². The van der Waals surface area contributed by atoms with Gasteiger partial charge in [0.05, 0.1) is 26.9 Å². The van der Waals surface area contributed by atoms with E-state index in [4.69, 9.17) is 14.9 Å².